The minimum absolute atomic E-state index is 1.19. The molecular weight excluding hydrogens is 579 g/mol. The van der Waals surface area contributed by atoms with Crippen molar-refractivity contribution in [1.29, 1.82) is 0 Å². The summed E-state index contributed by atoms with van der Waals surface area (Å²) in [5, 5.41) is 0. The van der Waals surface area contributed by atoms with E-state index in [0.29, 0.717) is 0 Å². The number of rotatable bonds is 6. The van der Waals surface area contributed by atoms with Gasteiger partial charge in [0.25, 0.3) is 0 Å². The summed E-state index contributed by atoms with van der Waals surface area (Å²) in [7, 11) is -6.89. The maximum Gasteiger partial charge on any atom is 0.221 e. The molecule has 6 saturated heterocycles. The van der Waals surface area contributed by atoms with Crippen LogP contribution in [0.2, 0.25) is 0 Å². The van der Waals surface area contributed by atoms with Crippen LogP contribution in [0.15, 0.2) is 13.5 Å². The van der Waals surface area contributed by atoms with Gasteiger partial charge >= 0.3 is 0 Å². The maximum absolute atomic E-state index is 6.49. The third-order valence-electron chi connectivity index (χ3n) is 11.0. The lowest BCUT2D eigenvalue weighted by Crippen LogP contribution is -2.43. The first-order valence-electron chi connectivity index (χ1n) is 18.2. The van der Waals surface area contributed by atoms with Gasteiger partial charge in [-0.2, -0.15) is 13.5 Å². The summed E-state index contributed by atoms with van der Waals surface area (Å²) in [4.78, 5) is 0. The third kappa shape index (κ3) is 6.00. The molecule has 0 radical (unpaired) electrons. The van der Waals surface area contributed by atoms with Crippen LogP contribution in [0.1, 0.15) is 116 Å². The minimum Gasteiger partial charge on any atom is -0.240 e. The summed E-state index contributed by atoms with van der Waals surface area (Å²) >= 11 is 0. The first-order chi connectivity index (χ1) is 20.8. The molecule has 0 N–H and O–H groups in total. The van der Waals surface area contributed by atoms with Crippen molar-refractivity contribution in [3.8, 4) is 0 Å². The lowest BCUT2D eigenvalue weighted by molar-refractivity contribution is 0.288. The summed E-state index contributed by atoms with van der Waals surface area (Å²) in [6.07, 6.45) is 24.0. The molecule has 7 heterocycles. The van der Waals surface area contributed by atoms with Gasteiger partial charge in [0.15, 0.2) is 0 Å². The van der Waals surface area contributed by atoms with Crippen LogP contribution in [0.3, 0.4) is 0 Å². The molecular formula is C30H60N9P3. The first-order valence-corrected chi connectivity index (χ1v) is 23.0. The highest BCUT2D eigenvalue weighted by Gasteiger charge is 2.52. The fraction of sp³-hybridized carbons (Fsp3) is 1.00. The van der Waals surface area contributed by atoms with E-state index >= 15 is 0 Å². The highest BCUT2D eigenvalue weighted by Crippen LogP contribution is 2.84. The van der Waals surface area contributed by atoms with E-state index in [-0.39, 0.29) is 0 Å². The Morgan fingerprint density at radius 2 is 0.357 bits per heavy atom. The van der Waals surface area contributed by atoms with Gasteiger partial charge in [-0.25, -0.2) is 28.0 Å². The van der Waals surface area contributed by atoms with E-state index in [9.17, 15) is 0 Å². The standard InChI is InChI=1S/C30H60N9P3/c1-7-19-34(20-8-1)40(35-21-9-2-10-22-35)31-41(36-23-11-3-12-24-36,37-25-13-4-14-26-37)33-42(32-40,38-27-15-5-16-28-38)39-29-17-6-18-30-39/h1-30H2. The number of hydrogen-bond acceptors (Lipinski definition) is 9. The second-order valence-corrected chi connectivity index (χ2v) is 22.7. The summed E-state index contributed by atoms with van der Waals surface area (Å²) in [6.45, 7) is 14.3. The molecule has 7 aliphatic heterocycles. The fourth-order valence-electron chi connectivity index (χ4n) is 8.63. The Labute approximate surface area is 257 Å². The van der Waals surface area contributed by atoms with Gasteiger partial charge < -0.3 is 0 Å². The molecule has 0 aromatic rings. The molecule has 0 aromatic carbocycles. The Kier molecular flexibility index (Phi) is 10.4. The topological polar surface area (TPSA) is 56.5 Å². The largest absolute Gasteiger partial charge is 0.240 e. The molecule has 42 heavy (non-hydrogen) atoms. The molecule has 7 aliphatic rings. The smallest absolute Gasteiger partial charge is 0.221 e. The lowest BCUT2D eigenvalue weighted by Gasteiger charge is -2.55. The van der Waals surface area contributed by atoms with E-state index in [2.05, 4.69) is 28.0 Å². The molecule has 240 valence electrons. The van der Waals surface area contributed by atoms with Crippen LogP contribution < -0.4 is 0 Å². The lowest BCUT2D eigenvalue weighted by atomic mass is 10.2. The average molecular weight is 640 g/mol. The van der Waals surface area contributed by atoms with Gasteiger partial charge in [0.05, 0.1) is 0 Å². The van der Waals surface area contributed by atoms with E-state index < -0.39 is 22.5 Å². The Morgan fingerprint density at radius 1 is 0.214 bits per heavy atom. The molecule has 0 unspecified atom stereocenters. The van der Waals surface area contributed by atoms with Crippen molar-refractivity contribution >= 4 is 22.5 Å². The Morgan fingerprint density at radius 3 is 0.500 bits per heavy atom. The second-order valence-electron chi connectivity index (χ2n) is 14.0. The third-order valence-corrected chi connectivity index (χ3v) is 23.7. The Bertz CT molecular complexity index is 844. The van der Waals surface area contributed by atoms with Crippen molar-refractivity contribution in [3.05, 3.63) is 0 Å². The van der Waals surface area contributed by atoms with E-state index in [1.165, 1.54) is 194 Å². The zero-order valence-electron chi connectivity index (χ0n) is 26.6. The predicted octanol–water partition coefficient (Wildman–Crippen LogP) is 8.75. The van der Waals surface area contributed by atoms with Gasteiger partial charge in [0, 0.05) is 78.5 Å². The van der Waals surface area contributed by atoms with Crippen LogP contribution in [0.4, 0.5) is 0 Å². The minimum atomic E-state index is -2.30. The van der Waals surface area contributed by atoms with Crippen LogP contribution in [-0.4, -0.2) is 107 Å². The van der Waals surface area contributed by atoms with Gasteiger partial charge in [-0.15, -0.1) is 0 Å². The number of piperidine rings is 6. The zero-order valence-corrected chi connectivity index (χ0v) is 29.3. The SMILES string of the molecule is C1CCN(P2(N3CCCCC3)=NP(N3CCCCC3)(N3CCCCC3)=NP(N3CCCCC3)(N3CCCCC3)=N2)CC1. The molecule has 0 amide bonds. The van der Waals surface area contributed by atoms with Crippen molar-refractivity contribution in [2.45, 2.75) is 116 Å². The van der Waals surface area contributed by atoms with Gasteiger partial charge in [-0.05, 0) is 77.0 Å². The first kappa shape index (κ1) is 31.1. The molecule has 0 saturated carbocycles. The van der Waals surface area contributed by atoms with Crippen molar-refractivity contribution in [2.75, 3.05) is 78.5 Å². The van der Waals surface area contributed by atoms with Gasteiger partial charge in [-0.3, -0.25) is 0 Å². The van der Waals surface area contributed by atoms with E-state index in [1.807, 2.05) is 0 Å². The van der Waals surface area contributed by atoms with Crippen LogP contribution in [0.5, 0.6) is 0 Å². The van der Waals surface area contributed by atoms with Crippen LogP contribution in [0, 0.1) is 0 Å². The van der Waals surface area contributed by atoms with Crippen molar-refractivity contribution in [2.24, 2.45) is 13.5 Å². The van der Waals surface area contributed by atoms with Crippen LogP contribution in [-0.2, 0) is 0 Å². The van der Waals surface area contributed by atoms with Crippen molar-refractivity contribution < 1.29 is 0 Å². The van der Waals surface area contributed by atoms with Gasteiger partial charge in [0.1, 0.15) is 0 Å². The van der Waals surface area contributed by atoms with Crippen molar-refractivity contribution in [3.63, 3.8) is 0 Å². The average Bonchev–Trinajstić information content (AvgIpc) is 3.10. The summed E-state index contributed by atoms with van der Waals surface area (Å²) in [5.41, 5.74) is 0. The predicted molar refractivity (Wildman–Crippen MR) is 181 cm³/mol. The van der Waals surface area contributed by atoms with Crippen molar-refractivity contribution in [1.82, 2.24) is 28.0 Å². The molecule has 0 aromatic heterocycles. The second kappa shape index (κ2) is 14.1. The van der Waals surface area contributed by atoms with Crippen LogP contribution >= 0.6 is 22.5 Å². The Balaban J connectivity index is 1.53. The molecule has 0 atom stereocenters. The summed E-state index contributed by atoms with van der Waals surface area (Å²) < 4.78 is 37.0. The van der Waals surface area contributed by atoms with E-state index in [1.54, 1.807) is 0 Å². The van der Waals surface area contributed by atoms with Gasteiger partial charge in [-0.1, -0.05) is 38.5 Å². The Hall–Kier alpha value is 0.450. The highest BCUT2D eigenvalue weighted by molar-refractivity contribution is 7.83. The summed E-state index contributed by atoms with van der Waals surface area (Å²) in [6, 6.07) is 0. The molecule has 0 spiro atoms. The normalized spacial score (nSPS) is 32.9. The number of hydrogen-bond donors (Lipinski definition) is 0. The van der Waals surface area contributed by atoms with E-state index in [0.717, 1.165) is 0 Å². The molecule has 12 heteroatoms. The van der Waals surface area contributed by atoms with Crippen LogP contribution in [0.25, 0.3) is 0 Å². The molecule has 9 nitrogen and oxygen atoms in total. The monoisotopic (exact) mass is 639 g/mol. The molecule has 7 rings (SSSR count). The van der Waals surface area contributed by atoms with E-state index in [4.69, 9.17) is 13.5 Å². The molecule has 0 bridgehead atoms. The molecule has 6 fully saturated rings. The quantitative estimate of drug-likeness (QED) is 0.271. The zero-order chi connectivity index (χ0) is 28.3. The fourth-order valence-corrected chi connectivity index (χ4v) is 25.3. The molecule has 0 aliphatic carbocycles. The maximum atomic E-state index is 6.49. The van der Waals surface area contributed by atoms with Gasteiger partial charge in [0.2, 0.25) is 22.5 Å². The summed E-state index contributed by atoms with van der Waals surface area (Å²) in [5.74, 6) is 0. The highest BCUT2D eigenvalue weighted by atomic mass is 31.3. The number of nitrogens with zero attached hydrogens (tertiary/aromatic N) is 9.